The lowest BCUT2D eigenvalue weighted by atomic mass is 10.2. The van der Waals surface area contributed by atoms with Gasteiger partial charge in [-0.05, 0) is 24.3 Å². The van der Waals surface area contributed by atoms with E-state index in [1.165, 1.54) is 12.1 Å². The first-order valence-electron chi connectivity index (χ1n) is 6.89. The zero-order chi connectivity index (χ0) is 14.7. The van der Waals surface area contributed by atoms with E-state index in [0.717, 1.165) is 12.1 Å². The number of benzene rings is 1. The Bertz CT molecular complexity index is 585. The van der Waals surface area contributed by atoms with Crippen molar-refractivity contribution < 1.29 is 18.7 Å². The Balaban J connectivity index is 1.71. The molecule has 0 bridgehead atoms. The summed E-state index contributed by atoms with van der Waals surface area (Å²) in [5.41, 5.74) is 0.788. The Morgan fingerprint density at radius 1 is 1.33 bits per heavy atom. The maximum atomic E-state index is 12.9. The van der Waals surface area contributed by atoms with Crippen molar-refractivity contribution in [2.45, 2.75) is 12.6 Å². The lowest BCUT2D eigenvalue weighted by Crippen LogP contribution is -2.46. The van der Waals surface area contributed by atoms with Crippen molar-refractivity contribution >= 4 is 0 Å². The predicted octanol–water partition coefficient (Wildman–Crippen LogP) is 1.67. The first-order chi connectivity index (χ1) is 10.3. The number of aliphatic hydroxyl groups excluding tert-OH is 1. The number of oxazole rings is 1. The summed E-state index contributed by atoms with van der Waals surface area (Å²) in [6, 6.07) is 6.07. The Morgan fingerprint density at radius 3 is 2.90 bits per heavy atom. The second-order valence-electron chi connectivity index (χ2n) is 5.01. The van der Waals surface area contributed by atoms with E-state index in [1.54, 1.807) is 18.3 Å². The molecule has 2 aromatic rings. The van der Waals surface area contributed by atoms with Crippen LogP contribution >= 0.6 is 0 Å². The molecule has 21 heavy (non-hydrogen) atoms. The molecule has 0 amide bonds. The molecular weight excluding hydrogens is 275 g/mol. The Kier molecular flexibility index (Phi) is 4.28. The van der Waals surface area contributed by atoms with Gasteiger partial charge in [0, 0.05) is 12.1 Å². The van der Waals surface area contributed by atoms with E-state index in [-0.39, 0.29) is 18.5 Å². The third-order valence-electron chi connectivity index (χ3n) is 3.58. The van der Waals surface area contributed by atoms with Gasteiger partial charge < -0.3 is 14.3 Å². The topological polar surface area (TPSA) is 58.7 Å². The van der Waals surface area contributed by atoms with Gasteiger partial charge in [0.2, 0.25) is 5.89 Å². The molecule has 1 N–H and O–H groups in total. The van der Waals surface area contributed by atoms with Crippen molar-refractivity contribution in [3.05, 3.63) is 42.2 Å². The first kappa shape index (κ1) is 14.2. The van der Waals surface area contributed by atoms with Crippen LogP contribution < -0.4 is 0 Å². The number of hydrogen-bond donors (Lipinski definition) is 1. The number of morpholine rings is 1. The van der Waals surface area contributed by atoms with Crippen LogP contribution in [0.1, 0.15) is 5.89 Å². The average Bonchev–Trinajstić information content (AvgIpc) is 2.97. The number of nitrogens with zero attached hydrogens (tertiary/aromatic N) is 2. The molecule has 1 unspecified atom stereocenters. The maximum absolute atomic E-state index is 12.9. The standard InChI is InChI=1S/C15H17FN2O3/c16-12-3-1-11(2-4-12)14-7-17-15(21-14)8-18-5-6-20-10-13(18)9-19/h1-4,7,13,19H,5-6,8-10H2. The highest BCUT2D eigenvalue weighted by atomic mass is 19.1. The van der Waals surface area contributed by atoms with Gasteiger partial charge in [0.15, 0.2) is 5.76 Å². The predicted molar refractivity (Wildman–Crippen MR) is 74.0 cm³/mol. The van der Waals surface area contributed by atoms with Crippen LogP contribution in [0, 0.1) is 5.82 Å². The molecule has 1 aromatic heterocycles. The molecule has 1 saturated heterocycles. The van der Waals surface area contributed by atoms with Gasteiger partial charge in [0.05, 0.1) is 38.6 Å². The number of hydrogen-bond acceptors (Lipinski definition) is 5. The van der Waals surface area contributed by atoms with E-state index in [2.05, 4.69) is 9.88 Å². The van der Waals surface area contributed by atoms with Crippen molar-refractivity contribution in [3.63, 3.8) is 0 Å². The molecule has 112 valence electrons. The number of rotatable bonds is 4. The van der Waals surface area contributed by atoms with Gasteiger partial charge in [-0.2, -0.15) is 0 Å². The Hall–Kier alpha value is -1.76. The summed E-state index contributed by atoms with van der Waals surface area (Å²) >= 11 is 0. The normalized spacial score (nSPS) is 19.8. The number of ether oxygens (including phenoxy) is 1. The fourth-order valence-corrected chi connectivity index (χ4v) is 2.37. The molecule has 0 aliphatic carbocycles. The van der Waals surface area contributed by atoms with Crippen LogP contribution in [0.5, 0.6) is 0 Å². The van der Waals surface area contributed by atoms with Crippen LogP contribution in [0.3, 0.4) is 0 Å². The van der Waals surface area contributed by atoms with Crippen LogP contribution in [0.2, 0.25) is 0 Å². The van der Waals surface area contributed by atoms with E-state index < -0.39 is 0 Å². The summed E-state index contributed by atoms with van der Waals surface area (Å²) in [4.78, 5) is 6.34. The summed E-state index contributed by atoms with van der Waals surface area (Å²) in [5, 5.41) is 9.34. The quantitative estimate of drug-likeness (QED) is 0.929. The number of halogens is 1. The molecule has 3 rings (SSSR count). The van der Waals surface area contributed by atoms with Gasteiger partial charge >= 0.3 is 0 Å². The second-order valence-corrected chi connectivity index (χ2v) is 5.01. The third kappa shape index (κ3) is 3.29. The van der Waals surface area contributed by atoms with E-state index in [4.69, 9.17) is 9.15 Å². The molecule has 1 aliphatic heterocycles. The SMILES string of the molecule is OCC1COCCN1Cc1ncc(-c2ccc(F)cc2)o1. The van der Waals surface area contributed by atoms with Crippen molar-refractivity contribution in [1.29, 1.82) is 0 Å². The minimum atomic E-state index is -0.280. The highest BCUT2D eigenvalue weighted by Gasteiger charge is 2.23. The summed E-state index contributed by atoms with van der Waals surface area (Å²) in [5.74, 6) is 0.908. The van der Waals surface area contributed by atoms with Crippen LogP contribution in [0.25, 0.3) is 11.3 Å². The molecule has 1 aromatic carbocycles. The third-order valence-corrected chi connectivity index (χ3v) is 3.58. The number of aromatic nitrogens is 1. The van der Waals surface area contributed by atoms with Gasteiger partial charge in [0.25, 0.3) is 0 Å². The number of aliphatic hydroxyl groups is 1. The van der Waals surface area contributed by atoms with E-state index in [9.17, 15) is 9.50 Å². The first-order valence-corrected chi connectivity index (χ1v) is 6.89. The molecule has 1 atom stereocenters. The van der Waals surface area contributed by atoms with Gasteiger partial charge in [-0.15, -0.1) is 0 Å². The lowest BCUT2D eigenvalue weighted by Gasteiger charge is -2.33. The van der Waals surface area contributed by atoms with Crippen LogP contribution in [-0.4, -0.2) is 47.4 Å². The van der Waals surface area contributed by atoms with E-state index in [0.29, 0.717) is 31.4 Å². The molecule has 0 saturated carbocycles. The van der Waals surface area contributed by atoms with Crippen LogP contribution in [-0.2, 0) is 11.3 Å². The van der Waals surface area contributed by atoms with E-state index in [1.807, 2.05) is 0 Å². The Labute approximate surface area is 122 Å². The largest absolute Gasteiger partial charge is 0.439 e. The molecule has 6 heteroatoms. The molecule has 0 spiro atoms. The lowest BCUT2D eigenvalue weighted by molar-refractivity contribution is -0.0342. The highest BCUT2D eigenvalue weighted by molar-refractivity contribution is 5.55. The molecule has 1 fully saturated rings. The second kappa shape index (κ2) is 6.34. The molecular formula is C15H17FN2O3. The van der Waals surface area contributed by atoms with E-state index >= 15 is 0 Å². The molecule has 1 aliphatic rings. The summed E-state index contributed by atoms with van der Waals surface area (Å²) in [7, 11) is 0. The van der Waals surface area contributed by atoms with Gasteiger partial charge in [-0.25, -0.2) is 9.37 Å². The summed E-state index contributed by atoms with van der Waals surface area (Å²) < 4.78 is 24.0. The van der Waals surface area contributed by atoms with Gasteiger partial charge in [-0.1, -0.05) is 0 Å². The van der Waals surface area contributed by atoms with Crippen molar-refractivity contribution in [3.8, 4) is 11.3 Å². The zero-order valence-electron chi connectivity index (χ0n) is 11.5. The van der Waals surface area contributed by atoms with Gasteiger partial charge in [-0.3, -0.25) is 4.90 Å². The van der Waals surface area contributed by atoms with Crippen LogP contribution in [0.4, 0.5) is 4.39 Å². The fourth-order valence-electron chi connectivity index (χ4n) is 2.37. The van der Waals surface area contributed by atoms with Crippen molar-refractivity contribution in [2.24, 2.45) is 0 Å². The molecule has 5 nitrogen and oxygen atoms in total. The molecule has 0 radical (unpaired) electrons. The molecule has 2 heterocycles. The fraction of sp³-hybridized carbons (Fsp3) is 0.400. The minimum Gasteiger partial charge on any atom is -0.439 e. The van der Waals surface area contributed by atoms with Crippen molar-refractivity contribution in [1.82, 2.24) is 9.88 Å². The zero-order valence-corrected chi connectivity index (χ0v) is 11.5. The Morgan fingerprint density at radius 2 is 2.14 bits per heavy atom. The van der Waals surface area contributed by atoms with Gasteiger partial charge in [0.1, 0.15) is 5.82 Å². The minimum absolute atomic E-state index is 0.0279. The smallest absolute Gasteiger partial charge is 0.209 e. The summed E-state index contributed by atoms with van der Waals surface area (Å²) in [6.07, 6.45) is 1.64. The highest BCUT2D eigenvalue weighted by Crippen LogP contribution is 2.22. The van der Waals surface area contributed by atoms with Crippen LogP contribution in [0.15, 0.2) is 34.9 Å². The average molecular weight is 292 g/mol. The maximum Gasteiger partial charge on any atom is 0.209 e. The van der Waals surface area contributed by atoms with Crippen molar-refractivity contribution in [2.75, 3.05) is 26.4 Å². The monoisotopic (exact) mass is 292 g/mol. The summed E-state index contributed by atoms with van der Waals surface area (Å²) in [6.45, 7) is 2.46.